The second-order valence-electron chi connectivity index (χ2n) is 14.9. The monoisotopic (exact) mass is 717 g/mol. The number of amides is 4. The van der Waals surface area contributed by atoms with Crippen LogP contribution in [0.1, 0.15) is 18.4 Å². The fourth-order valence-corrected chi connectivity index (χ4v) is 28.4. The number of nitrogens with one attached hydrogen (secondary N) is 4. The van der Waals surface area contributed by atoms with E-state index in [-0.39, 0.29) is 12.1 Å². The Morgan fingerprint density at radius 2 is 1.11 bits per heavy atom. The van der Waals surface area contributed by atoms with Gasteiger partial charge in [0.15, 0.2) is 34.0 Å². The van der Waals surface area contributed by atoms with Crippen LogP contribution in [0.5, 0.6) is 0 Å². The van der Waals surface area contributed by atoms with Crippen LogP contribution < -0.4 is 21.3 Å². The molecule has 10 nitrogen and oxygen atoms in total. The number of rotatable bonds is 18. The summed E-state index contributed by atoms with van der Waals surface area (Å²) in [5.74, 6) is 0. The Labute approximate surface area is 274 Å². The summed E-state index contributed by atoms with van der Waals surface area (Å²) in [7, 11) is -10.8. The molecule has 1 atom stereocenters. The number of hydrogen-bond donors (Lipinski definition) is 4. The van der Waals surface area contributed by atoms with E-state index in [9.17, 15) is 9.59 Å². The Kier molecular flexibility index (Phi) is 16.0. The van der Waals surface area contributed by atoms with Crippen LogP contribution in [0.25, 0.3) is 0 Å². The molecule has 0 saturated carbocycles. The molecule has 0 bridgehead atoms. The SMILES string of the molecule is Cc1ccc(NC(=O)NCCC[Si](C)(O[Si](C)(C)C)O[Si](C)(C)C)cc1NC(=O)NCCC[Si](C)(O[Si](C)C)O[Si](C)(C)C. The summed E-state index contributed by atoms with van der Waals surface area (Å²) in [6.07, 6.45) is 1.57. The Bertz CT molecular complexity index is 1060. The van der Waals surface area contributed by atoms with Crippen molar-refractivity contribution < 1.29 is 26.0 Å². The maximum Gasteiger partial charge on any atom is 0.319 e. The Morgan fingerprint density at radius 1 is 0.682 bits per heavy atom. The molecule has 4 N–H and O–H groups in total. The quantitative estimate of drug-likeness (QED) is 0.0904. The van der Waals surface area contributed by atoms with Crippen LogP contribution >= 0.6 is 0 Å². The van der Waals surface area contributed by atoms with E-state index in [1.807, 2.05) is 19.1 Å². The molecule has 1 rings (SSSR count). The van der Waals surface area contributed by atoms with Crippen molar-refractivity contribution in [1.82, 2.24) is 10.6 Å². The zero-order valence-corrected chi connectivity index (χ0v) is 35.9. The minimum absolute atomic E-state index is 0.283. The third-order valence-corrected chi connectivity index (χ3v) is 24.3. The van der Waals surface area contributed by atoms with Crippen LogP contribution in [0, 0.1) is 6.92 Å². The molecule has 0 spiro atoms. The van der Waals surface area contributed by atoms with E-state index >= 15 is 0 Å². The highest BCUT2D eigenvalue weighted by Crippen LogP contribution is 2.26. The van der Waals surface area contributed by atoms with Crippen LogP contribution in [-0.2, 0) is 16.5 Å². The topological polar surface area (TPSA) is 119 Å². The van der Waals surface area contributed by atoms with Gasteiger partial charge in [0, 0.05) is 24.5 Å². The molecule has 0 aliphatic heterocycles. The van der Waals surface area contributed by atoms with E-state index in [1.165, 1.54) is 0 Å². The minimum Gasteiger partial charge on any atom is -0.437 e. The van der Waals surface area contributed by atoms with Crippen LogP contribution in [0.2, 0.25) is 97.2 Å². The van der Waals surface area contributed by atoms with E-state index in [0.29, 0.717) is 24.5 Å². The summed E-state index contributed by atoms with van der Waals surface area (Å²) in [5.41, 5.74) is 2.14. The first kappa shape index (κ1) is 40.9. The third kappa shape index (κ3) is 18.8. The molecule has 0 saturated heterocycles. The number of carbonyl (C=O) groups is 2. The van der Waals surface area contributed by atoms with Crippen molar-refractivity contribution in [3.05, 3.63) is 23.8 Å². The summed E-state index contributed by atoms with van der Waals surface area (Å²) in [6, 6.07) is 6.56. The maximum absolute atomic E-state index is 12.7. The first-order chi connectivity index (χ1) is 19.9. The standard InChI is InChI=1S/C28H61N4O6Si6/c1-24-17-18-25(31-27(33)29-20-16-22-44(14,37-41(7,8)9)38-42(10,11)12)23-26(24)32-28(34)30-19-15-21-43(13,35-39(2)3)36-40(4,5)6/h17-18,23H,15-16,19-22H2,1-14H3,(H2,29,31,33)(H2,30,32,34). The number of urea groups is 2. The van der Waals surface area contributed by atoms with Gasteiger partial charge in [-0.15, -0.1) is 0 Å². The van der Waals surface area contributed by atoms with Crippen molar-refractivity contribution >= 4 is 74.6 Å². The van der Waals surface area contributed by atoms with Gasteiger partial charge in [0.05, 0.1) is 0 Å². The first-order valence-electron chi connectivity index (χ1n) is 15.7. The zero-order chi connectivity index (χ0) is 34.0. The normalized spacial score (nSPS) is 14.2. The van der Waals surface area contributed by atoms with Crippen molar-refractivity contribution in [2.75, 3.05) is 23.7 Å². The van der Waals surface area contributed by atoms with Gasteiger partial charge in [0.2, 0.25) is 0 Å². The molecular formula is C28H61N4O6Si6. The summed E-state index contributed by atoms with van der Waals surface area (Å²) < 4.78 is 25.9. The Morgan fingerprint density at radius 3 is 1.57 bits per heavy atom. The van der Waals surface area contributed by atoms with Gasteiger partial charge in [0.1, 0.15) is 0 Å². The summed E-state index contributed by atoms with van der Waals surface area (Å²) >= 11 is 0. The van der Waals surface area contributed by atoms with E-state index in [0.717, 1.165) is 30.5 Å². The lowest BCUT2D eigenvalue weighted by molar-refractivity contribution is 0.251. The largest absolute Gasteiger partial charge is 0.437 e. The number of hydrogen-bond acceptors (Lipinski definition) is 6. The van der Waals surface area contributed by atoms with Crippen LogP contribution in [0.4, 0.5) is 21.0 Å². The third-order valence-electron chi connectivity index (χ3n) is 5.92. The van der Waals surface area contributed by atoms with Gasteiger partial charge in [0.25, 0.3) is 0 Å². The van der Waals surface area contributed by atoms with Crippen molar-refractivity contribution in [3.8, 4) is 0 Å². The zero-order valence-electron chi connectivity index (χ0n) is 29.9. The lowest BCUT2D eigenvalue weighted by Crippen LogP contribution is -2.52. The second-order valence-corrected chi connectivity index (χ2v) is 38.2. The van der Waals surface area contributed by atoms with E-state index < -0.39 is 51.1 Å². The number of carbonyl (C=O) groups excluding carboxylic acids is 2. The van der Waals surface area contributed by atoms with E-state index in [4.69, 9.17) is 16.5 Å². The summed E-state index contributed by atoms with van der Waals surface area (Å²) in [5, 5.41) is 11.7. The van der Waals surface area contributed by atoms with Crippen molar-refractivity contribution in [2.24, 2.45) is 0 Å². The molecule has 1 aromatic rings. The molecule has 1 radical (unpaired) electrons. The van der Waals surface area contributed by atoms with Gasteiger partial charge in [-0.2, -0.15) is 0 Å². The predicted octanol–water partition coefficient (Wildman–Crippen LogP) is 7.98. The maximum atomic E-state index is 12.7. The van der Waals surface area contributed by atoms with E-state index in [2.05, 4.69) is 106 Å². The smallest absolute Gasteiger partial charge is 0.319 e. The van der Waals surface area contributed by atoms with Crippen molar-refractivity contribution in [1.29, 1.82) is 0 Å². The van der Waals surface area contributed by atoms with Gasteiger partial charge in [-0.1, -0.05) is 6.07 Å². The number of aryl methyl sites for hydroxylation is 1. The summed E-state index contributed by atoms with van der Waals surface area (Å²) in [6.45, 7) is 31.3. The first-order valence-corrected chi connectivity index (χ1v) is 33.4. The Balaban J connectivity index is 2.62. The molecule has 0 fully saturated rings. The molecule has 253 valence electrons. The average molecular weight is 718 g/mol. The van der Waals surface area contributed by atoms with Gasteiger partial charge in [-0.25, -0.2) is 9.59 Å². The van der Waals surface area contributed by atoms with Crippen LogP contribution in [-0.4, -0.2) is 76.3 Å². The average Bonchev–Trinajstić information content (AvgIpc) is 2.77. The van der Waals surface area contributed by atoms with Gasteiger partial charge in [-0.05, 0) is 135 Å². The highest BCUT2D eigenvalue weighted by atomic mass is 28.5. The molecule has 16 heteroatoms. The molecular weight excluding hydrogens is 657 g/mol. The molecule has 1 unspecified atom stereocenters. The molecule has 44 heavy (non-hydrogen) atoms. The van der Waals surface area contributed by atoms with Crippen molar-refractivity contribution in [2.45, 2.75) is 117 Å². The fourth-order valence-electron chi connectivity index (χ4n) is 5.02. The second kappa shape index (κ2) is 17.2. The summed E-state index contributed by atoms with van der Waals surface area (Å²) in [4.78, 5) is 25.3. The fraction of sp³-hybridized carbons (Fsp3) is 0.714. The van der Waals surface area contributed by atoms with E-state index in [1.54, 1.807) is 6.07 Å². The molecule has 1 aromatic carbocycles. The molecule has 0 aliphatic rings. The highest BCUT2D eigenvalue weighted by Gasteiger charge is 2.40. The molecule has 0 heterocycles. The number of benzene rings is 1. The van der Waals surface area contributed by atoms with Gasteiger partial charge < -0.3 is 37.7 Å². The van der Waals surface area contributed by atoms with Gasteiger partial charge >= 0.3 is 29.2 Å². The van der Waals surface area contributed by atoms with Crippen LogP contribution in [0.3, 0.4) is 0 Å². The molecule has 0 aromatic heterocycles. The predicted molar refractivity (Wildman–Crippen MR) is 199 cm³/mol. The highest BCUT2D eigenvalue weighted by molar-refractivity contribution is 6.87. The van der Waals surface area contributed by atoms with Gasteiger partial charge in [-0.3, -0.25) is 0 Å². The molecule has 4 amide bonds. The number of anilines is 2. The molecule has 0 aliphatic carbocycles. The van der Waals surface area contributed by atoms with Crippen molar-refractivity contribution in [3.63, 3.8) is 0 Å². The van der Waals surface area contributed by atoms with Crippen LogP contribution in [0.15, 0.2) is 18.2 Å². The Hall–Kier alpha value is -1.10. The minimum atomic E-state index is -2.34. The lowest BCUT2D eigenvalue weighted by Gasteiger charge is -2.38. The lowest BCUT2D eigenvalue weighted by atomic mass is 10.2.